The average Bonchev–Trinajstić information content (AvgIpc) is 2.15. The fourth-order valence-corrected chi connectivity index (χ4v) is 2.32. The summed E-state index contributed by atoms with van der Waals surface area (Å²) >= 11 is 0. The molecule has 0 aliphatic heterocycles. The van der Waals surface area contributed by atoms with E-state index >= 15 is 0 Å². The number of nitro groups is 1. The molecule has 0 radical (unpaired) electrons. The molecular formula is C8H11NO5S. The molecule has 0 spiro atoms. The molecule has 1 rings (SSSR count). The van der Waals surface area contributed by atoms with Crippen molar-refractivity contribution in [2.45, 2.75) is 12.5 Å². The fourth-order valence-electron chi connectivity index (χ4n) is 1.35. The lowest BCUT2D eigenvalue weighted by Crippen LogP contribution is -2.28. The summed E-state index contributed by atoms with van der Waals surface area (Å²) in [4.78, 5) is 9.91. The molecule has 0 aromatic carbocycles. The van der Waals surface area contributed by atoms with Crippen molar-refractivity contribution >= 4 is 9.84 Å². The zero-order valence-electron chi connectivity index (χ0n) is 8.34. The summed E-state index contributed by atoms with van der Waals surface area (Å²) in [5.41, 5.74) is 0. The number of nitrogens with zero attached hydrogens (tertiary/aromatic N) is 1. The molecule has 0 saturated carbocycles. The molecule has 84 valence electrons. The SMILES string of the molecule is COC1=CC=C(S(C)(=O)=O)C([N+](=O)[O-])C1. The third-order valence-electron chi connectivity index (χ3n) is 2.10. The molecule has 0 bridgehead atoms. The predicted octanol–water partition coefficient (Wildman–Crippen LogP) is 0.494. The van der Waals surface area contributed by atoms with E-state index in [1.165, 1.54) is 19.3 Å². The minimum Gasteiger partial charge on any atom is -0.501 e. The third-order valence-corrected chi connectivity index (χ3v) is 3.37. The Morgan fingerprint density at radius 3 is 2.53 bits per heavy atom. The van der Waals surface area contributed by atoms with Crippen LogP contribution in [0, 0.1) is 10.1 Å². The number of allylic oxidation sites excluding steroid dienone is 2. The second-order valence-corrected chi connectivity index (χ2v) is 5.20. The normalized spacial score (nSPS) is 21.6. The molecule has 0 fully saturated rings. The Morgan fingerprint density at radius 1 is 1.53 bits per heavy atom. The number of hydrogen-bond donors (Lipinski definition) is 0. The molecule has 1 aliphatic carbocycles. The van der Waals surface area contributed by atoms with Gasteiger partial charge in [0.1, 0.15) is 10.7 Å². The van der Waals surface area contributed by atoms with Crippen LogP contribution < -0.4 is 0 Å². The van der Waals surface area contributed by atoms with Crippen LogP contribution in [0.15, 0.2) is 22.8 Å². The first-order chi connectivity index (χ1) is 6.86. The third kappa shape index (κ3) is 2.56. The van der Waals surface area contributed by atoms with Crippen LogP contribution in [0.1, 0.15) is 6.42 Å². The van der Waals surface area contributed by atoms with Crippen molar-refractivity contribution in [1.29, 1.82) is 0 Å². The van der Waals surface area contributed by atoms with Crippen molar-refractivity contribution in [3.05, 3.63) is 32.9 Å². The van der Waals surface area contributed by atoms with Crippen molar-refractivity contribution in [1.82, 2.24) is 0 Å². The van der Waals surface area contributed by atoms with Crippen LogP contribution in [-0.2, 0) is 14.6 Å². The highest BCUT2D eigenvalue weighted by atomic mass is 32.2. The Balaban J connectivity index is 3.16. The van der Waals surface area contributed by atoms with Crippen LogP contribution in [0.4, 0.5) is 0 Å². The highest BCUT2D eigenvalue weighted by Gasteiger charge is 2.35. The highest BCUT2D eigenvalue weighted by Crippen LogP contribution is 2.25. The molecule has 15 heavy (non-hydrogen) atoms. The lowest BCUT2D eigenvalue weighted by molar-refractivity contribution is -0.510. The minimum absolute atomic E-state index is 0.0254. The van der Waals surface area contributed by atoms with Crippen molar-refractivity contribution in [3.63, 3.8) is 0 Å². The van der Waals surface area contributed by atoms with Gasteiger partial charge in [0.2, 0.25) is 0 Å². The van der Waals surface area contributed by atoms with Gasteiger partial charge in [0, 0.05) is 11.2 Å². The Morgan fingerprint density at radius 2 is 2.13 bits per heavy atom. The van der Waals surface area contributed by atoms with Gasteiger partial charge in [0.15, 0.2) is 9.84 Å². The molecule has 1 atom stereocenters. The largest absolute Gasteiger partial charge is 0.501 e. The summed E-state index contributed by atoms with van der Waals surface area (Å²) in [6.45, 7) is 0. The van der Waals surface area contributed by atoms with Gasteiger partial charge in [-0.25, -0.2) is 8.42 Å². The van der Waals surface area contributed by atoms with Gasteiger partial charge in [-0.1, -0.05) is 0 Å². The van der Waals surface area contributed by atoms with Crippen LogP contribution in [0.25, 0.3) is 0 Å². The van der Waals surface area contributed by atoms with Gasteiger partial charge in [-0.3, -0.25) is 10.1 Å². The number of ether oxygens (including phenoxy) is 1. The van der Waals surface area contributed by atoms with Gasteiger partial charge < -0.3 is 4.74 Å². The summed E-state index contributed by atoms with van der Waals surface area (Å²) < 4.78 is 27.4. The topological polar surface area (TPSA) is 86.5 Å². The molecule has 1 aliphatic rings. The Labute approximate surface area is 87.3 Å². The quantitative estimate of drug-likeness (QED) is 0.523. The number of rotatable bonds is 3. The van der Waals surface area contributed by atoms with E-state index in [-0.39, 0.29) is 11.3 Å². The van der Waals surface area contributed by atoms with Crippen LogP contribution in [0.3, 0.4) is 0 Å². The Hall–Kier alpha value is -1.37. The number of hydrogen-bond acceptors (Lipinski definition) is 5. The van der Waals surface area contributed by atoms with Crippen molar-refractivity contribution < 1.29 is 18.1 Å². The standard InChI is InChI=1S/C8H11NO5S/c1-14-6-3-4-8(15(2,12)13)7(5-6)9(10)11/h3-4,7H,5H2,1-2H3. The molecule has 0 N–H and O–H groups in total. The molecule has 0 saturated heterocycles. The fraction of sp³-hybridized carbons (Fsp3) is 0.500. The van der Waals surface area contributed by atoms with Gasteiger partial charge in [0.05, 0.1) is 13.5 Å². The zero-order chi connectivity index (χ0) is 11.6. The van der Waals surface area contributed by atoms with E-state index < -0.39 is 20.8 Å². The Kier molecular flexibility index (Phi) is 3.13. The van der Waals surface area contributed by atoms with Crippen molar-refractivity contribution in [2.75, 3.05) is 13.4 Å². The average molecular weight is 233 g/mol. The van der Waals surface area contributed by atoms with Crippen molar-refractivity contribution in [3.8, 4) is 0 Å². The first-order valence-electron chi connectivity index (χ1n) is 4.14. The molecule has 7 heteroatoms. The molecule has 0 aromatic heterocycles. The first-order valence-corrected chi connectivity index (χ1v) is 6.03. The van der Waals surface area contributed by atoms with E-state index in [1.807, 2.05) is 0 Å². The second kappa shape index (κ2) is 4.01. The van der Waals surface area contributed by atoms with E-state index in [1.54, 1.807) is 0 Å². The highest BCUT2D eigenvalue weighted by molar-refractivity contribution is 7.94. The maximum atomic E-state index is 11.3. The van der Waals surface area contributed by atoms with Gasteiger partial charge in [-0.2, -0.15) is 0 Å². The summed E-state index contributed by atoms with van der Waals surface area (Å²) in [7, 11) is -2.14. The van der Waals surface area contributed by atoms with E-state index in [0.29, 0.717) is 5.76 Å². The number of methoxy groups -OCH3 is 1. The van der Waals surface area contributed by atoms with E-state index in [2.05, 4.69) is 0 Å². The Bertz CT molecular complexity index is 434. The summed E-state index contributed by atoms with van der Waals surface area (Å²) in [6, 6.07) is -1.24. The van der Waals surface area contributed by atoms with Crippen molar-refractivity contribution in [2.24, 2.45) is 0 Å². The van der Waals surface area contributed by atoms with Crippen LogP contribution in [0.2, 0.25) is 0 Å². The molecule has 1 unspecified atom stereocenters. The van der Waals surface area contributed by atoms with Gasteiger partial charge in [-0.15, -0.1) is 0 Å². The lowest BCUT2D eigenvalue weighted by atomic mass is 10.1. The second-order valence-electron chi connectivity index (χ2n) is 3.18. The van der Waals surface area contributed by atoms with Gasteiger partial charge in [0.25, 0.3) is 6.04 Å². The van der Waals surface area contributed by atoms with E-state index in [4.69, 9.17) is 4.74 Å². The molecular weight excluding hydrogens is 222 g/mol. The van der Waals surface area contributed by atoms with Gasteiger partial charge >= 0.3 is 0 Å². The number of sulfone groups is 1. The molecule has 0 amide bonds. The molecule has 0 heterocycles. The zero-order valence-corrected chi connectivity index (χ0v) is 9.15. The predicted molar refractivity (Wildman–Crippen MR) is 53.4 cm³/mol. The monoisotopic (exact) mass is 233 g/mol. The lowest BCUT2D eigenvalue weighted by Gasteiger charge is -2.16. The van der Waals surface area contributed by atoms with E-state index in [9.17, 15) is 18.5 Å². The molecule has 0 aromatic rings. The van der Waals surface area contributed by atoms with Gasteiger partial charge in [-0.05, 0) is 12.2 Å². The minimum atomic E-state index is -3.53. The summed E-state index contributed by atoms with van der Waals surface area (Å²) in [6.07, 6.45) is 3.60. The smallest absolute Gasteiger partial charge is 0.255 e. The van der Waals surface area contributed by atoms with Crippen LogP contribution in [-0.4, -0.2) is 32.7 Å². The maximum Gasteiger partial charge on any atom is 0.255 e. The summed E-state index contributed by atoms with van der Waals surface area (Å²) in [5, 5.41) is 10.7. The first kappa shape index (κ1) is 11.7. The maximum absolute atomic E-state index is 11.3. The molecule has 6 nitrogen and oxygen atoms in total. The van der Waals surface area contributed by atoms with E-state index in [0.717, 1.165) is 6.26 Å². The van der Waals surface area contributed by atoms with Crippen LogP contribution >= 0.6 is 0 Å². The van der Waals surface area contributed by atoms with Crippen LogP contribution in [0.5, 0.6) is 0 Å². The summed E-state index contributed by atoms with van der Waals surface area (Å²) in [5.74, 6) is 0.407.